The molecule has 2 aromatic rings. The van der Waals surface area contributed by atoms with Gasteiger partial charge in [-0.3, -0.25) is 9.59 Å². The van der Waals surface area contributed by atoms with Crippen molar-refractivity contribution < 1.29 is 52.8 Å². The summed E-state index contributed by atoms with van der Waals surface area (Å²) in [4.78, 5) is 63.9. The third kappa shape index (κ3) is 8.07. The van der Waals surface area contributed by atoms with Crippen LogP contribution in [0.25, 0.3) is 6.08 Å². The maximum Gasteiger partial charge on any atom is 0.348 e. The van der Waals surface area contributed by atoms with Gasteiger partial charge in [-0.2, -0.15) is 0 Å². The standard InChI is InChI=1S/C40H44N2O11/c1-39(2)22-49-38(48)34(39)51-32(44)15-8-23-6-9-25(10-7-23)37(47)50-30-19-27(20-31-33(30)53-40(52-31,28-11-12-28)29-13-14-29)36(46)42-21-24-4-3-5-26(18-24)35(45)41-16-17-43/h3-10,15,18,20,28-31,33-34,43H,11-14,16-17,19,21-22H2,1-2H3,(H,41,45)(H,42,46)/t30-,31-,33+,34+/m1/s1. The largest absolute Gasteiger partial charge is 0.462 e. The van der Waals surface area contributed by atoms with Gasteiger partial charge in [0.15, 0.2) is 5.79 Å². The number of amides is 2. The smallest absolute Gasteiger partial charge is 0.348 e. The molecular formula is C40H44N2O11. The lowest BCUT2D eigenvalue weighted by Gasteiger charge is -2.31. The fourth-order valence-corrected chi connectivity index (χ4v) is 7.15. The van der Waals surface area contributed by atoms with Crippen molar-refractivity contribution in [3.05, 3.63) is 88.5 Å². The number of carbonyl (C=O) groups is 5. The van der Waals surface area contributed by atoms with Gasteiger partial charge in [-0.1, -0.05) is 38.1 Å². The van der Waals surface area contributed by atoms with E-state index in [0.29, 0.717) is 22.3 Å². The Morgan fingerprint density at radius 3 is 2.32 bits per heavy atom. The molecule has 4 fully saturated rings. The lowest BCUT2D eigenvalue weighted by Crippen LogP contribution is -2.44. The van der Waals surface area contributed by atoms with Crippen LogP contribution in [-0.2, 0) is 44.6 Å². The number of carbonyl (C=O) groups excluding carboxylic acids is 5. The summed E-state index contributed by atoms with van der Waals surface area (Å²) in [5.41, 5.74) is 1.81. The van der Waals surface area contributed by atoms with Gasteiger partial charge in [-0.25, -0.2) is 14.4 Å². The van der Waals surface area contributed by atoms with Gasteiger partial charge in [0.2, 0.25) is 12.0 Å². The van der Waals surface area contributed by atoms with Crippen molar-refractivity contribution in [1.82, 2.24) is 10.6 Å². The monoisotopic (exact) mass is 728 g/mol. The van der Waals surface area contributed by atoms with E-state index in [0.717, 1.165) is 25.7 Å². The van der Waals surface area contributed by atoms with Gasteiger partial charge < -0.3 is 39.4 Å². The zero-order valence-electron chi connectivity index (χ0n) is 29.7. The fourth-order valence-electron chi connectivity index (χ4n) is 7.15. The molecule has 0 bridgehead atoms. The van der Waals surface area contributed by atoms with Crippen molar-refractivity contribution >= 4 is 35.8 Å². The van der Waals surface area contributed by atoms with E-state index >= 15 is 0 Å². The van der Waals surface area contributed by atoms with Gasteiger partial charge in [0.1, 0.15) is 24.9 Å². The Morgan fingerprint density at radius 2 is 1.66 bits per heavy atom. The van der Waals surface area contributed by atoms with E-state index < -0.39 is 53.5 Å². The maximum absolute atomic E-state index is 13.6. The highest BCUT2D eigenvalue weighted by atomic mass is 16.8. The van der Waals surface area contributed by atoms with Crippen LogP contribution in [0.1, 0.15) is 77.8 Å². The Hall–Kier alpha value is -4.85. The summed E-state index contributed by atoms with van der Waals surface area (Å²) in [6.45, 7) is 3.86. The minimum atomic E-state index is -0.986. The summed E-state index contributed by atoms with van der Waals surface area (Å²) < 4.78 is 29.8. The molecule has 53 heavy (non-hydrogen) atoms. The lowest BCUT2D eigenvalue weighted by molar-refractivity contribution is -0.209. The Bertz CT molecular complexity index is 1810. The molecule has 13 nitrogen and oxygen atoms in total. The summed E-state index contributed by atoms with van der Waals surface area (Å²) in [5, 5.41) is 14.6. The van der Waals surface area contributed by atoms with Crippen LogP contribution < -0.4 is 10.6 Å². The number of aliphatic hydroxyl groups is 1. The van der Waals surface area contributed by atoms with E-state index in [9.17, 15) is 24.0 Å². The second-order valence-corrected chi connectivity index (χ2v) is 15.0. The summed E-state index contributed by atoms with van der Waals surface area (Å²) in [6, 6.07) is 13.3. The summed E-state index contributed by atoms with van der Waals surface area (Å²) in [6.07, 6.45) is 5.70. The molecular weight excluding hydrogens is 684 g/mol. The van der Waals surface area contributed by atoms with E-state index in [-0.39, 0.29) is 61.9 Å². The zero-order valence-corrected chi connectivity index (χ0v) is 29.7. The highest BCUT2D eigenvalue weighted by molar-refractivity contribution is 5.95. The number of hydrogen-bond donors (Lipinski definition) is 3. The molecule has 0 spiro atoms. The van der Waals surface area contributed by atoms with Gasteiger partial charge in [0.05, 0.1) is 12.2 Å². The second-order valence-electron chi connectivity index (χ2n) is 15.0. The Morgan fingerprint density at radius 1 is 0.925 bits per heavy atom. The molecule has 0 aromatic heterocycles. The SMILES string of the molecule is CC1(C)COC(=O)[C@@H]1OC(=O)C=Cc1ccc(C(=O)O[C@@H]2CC(C(=O)NCc3cccc(C(=O)NCCO)c3)=C[C@H]3OC(C4CC4)(C4CC4)O[C@H]32)cc1. The van der Waals surface area contributed by atoms with Crippen molar-refractivity contribution in [3.8, 4) is 0 Å². The van der Waals surface area contributed by atoms with Crippen LogP contribution in [0.3, 0.4) is 0 Å². The molecule has 2 heterocycles. The first kappa shape index (κ1) is 36.5. The molecule has 280 valence electrons. The van der Waals surface area contributed by atoms with Crippen LogP contribution in [0.2, 0.25) is 0 Å². The molecule has 4 atom stereocenters. The first-order valence-electron chi connectivity index (χ1n) is 18.1. The molecule has 2 aliphatic heterocycles. The number of hydrogen-bond acceptors (Lipinski definition) is 11. The average Bonchev–Trinajstić information content (AvgIpc) is 4.10. The molecule has 3 N–H and O–H groups in total. The molecule has 5 aliphatic rings. The fraction of sp³-hybridized carbons (Fsp3) is 0.475. The molecule has 13 heteroatoms. The first-order valence-corrected chi connectivity index (χ1v) is 18.1. The van der Waals surface area contributed by atoms with Crippen molar-refractivity contribution in [3.63, 3.8) is 0 Å². The number of ether oxygens (including phenoxy) is 5. The van der Waals surface area contributed by atoms with Crippen molar-refractivity contribution in [1.29, 1.82) is 0 Å². The molecule has 0 unspecified atom stereocenters. The molecule has 3 aliphatic carbocycles. The van der Waals surface area contributed by atoms with Crippen LogP contribution in [0.4, 0.5) is 0 Å². The van der Waals surface area contributed by atoms with E-state index in [1.807, 2.05) is 0 Å². The summed E-state index contributed by atoms with van der Waals surface area (Å²) in [7, 11) is 0. The molecule has 2 amide bonds. The third-order valence-electron chi connectivity index (χ3n) is 10.3. The first-order chi connectivity index (χ1) is 25.5. The number of esters is 3. The lowest BCUT2D eigenvalue weighted by atomic mass is 9.90. The predicted octanol–water partition coefficient (Wildman–Crippen LogP) is 3.39. The van der Waals surface area contributed by atoms with Crippen LogP contribution in [0.5, 0.6) is 0 Å². The van der Waals surface area contributed by atoms with E-state index in [1.54, 1.807) is 68.5 Å². The van der Waals surface area contributed by atoms with E-state index in [2.05, 4.69) is 10.6 Å². The van der Waals surface area contributed by atoms with Gasteiger partial charge in [0, 0.05) is 54.0 Å². The normalized spacial score (nSPS) is 25.6. The number of fused-ring (bicyclic) bond motifs is 1. The topological polar surface area (TPSA) is 176 Å². The van der Waals surface area contributed by atoms with Gasteiger partial charge in [0.25, 0.3) is 5.91 Å². The molecule has 7 rings (SSSR count). The Labute approximate surface area is 307 Å². The summed E-state index contributed by atoms with van der Waals surface area (Å²) >= 11 is 0. The molecule has 2 aromatic carbocycles. The van der Waals surface area contributed by atoms with Crippen LogP contribution in [0.15, 0.2) is 66.3 Å². The number of aliphatic hydroxyl groups excluding tert-OH is 1. The molecule has 0 radical (unpaired) electrons. The third-order valence-corrected chi connectivity index (χ3v) is 10.3. The van der Waals surface area contributed by atoms with E-state index in [1.165, 1.54) is 12.2 Å². The van der Waals surface area contributed by atoms with Crippen LogP contribution >= 0.6 is 0 Å². The average molecular weight is 729 g/mol. The van der Waals surface area contributed by atoms with Crippen molar-refractivity contribution in [2.45, 2.75) is 82.7 Å². The Kier molecular flexibility index (Phi) is 10.2. The highest BCUT2D eigenvalue weighted by Crippen LogP contribution is 2.59. The summed E-state index contributed by atoms with van der Waals surface area (Å²) in [5.74, 6) is -2.74. The van der Waals surface area contributed by atoms with Crippen LogP contribution in [-0.4, -0.2) is 84.8 Å². The Balaban J connectivity index is 1.01. The van der Waals surface area contributed by atoms with Gasteiger partial charge >= 0.3 is 17.9 Å². The zero-order chi connectivity index (χ0) is 37.3. The second kappa shape index (κ2) is 14.9. The molecule has 2 saturated heterocycles. The maximum atomic E-state index is 13.6. The molecule has 2 saturated carbocycles. The predicted molar refractivity (Wildman–Crippen MR) is 188 cm³/mol. The minimum absolute atomic E-state index is 0.116. The van der Waals surface area contributed by atoms with Gasteiger partial charge in [-0.05, 0) is 73.2 Å². The minimum Gasteiger partial charge on any atom is -0.462 e. The van der Waals surface area contributed by atoms with Crippen LogP contribution in [0, 0.1) is 17.3 Å². The number of nitrogens with one attached hydrogen (secondary N) is 2. The number of benzene rings is 2. The number of cyclic esters (lactones) is 1. The highest BCUT2D eigenvalue weighted by Gasteiger charge is 2.64. The van der Waals surface area contributed by atoms with Crippen molar-refractivity contribution in [2.75, 3.05) is 19.8 Å². The van der Waals surface area contributed by atoms with E-state index in [4.69, 9.17) is 28.8 Å². The number of rotatable bonds is 13. The van der Waals surface area contributed by atoms with Crippen molar-refractivity contribution in [2.24, 2.45) is 17.3 Å². The quantitative estimate of drug-likeness (QED) is 0.157. The van der Waals surface area contributed by atoms with Gasteiger partial charge in [-0.15, -0.1) is 0 Å².